The zero-order valence-corrected chi connectivity index (χ0v) is 18.6. The first-order valence-electron chi connectivity index (χ1n) is 10.0. The number of amides is 1. The molecule has 5 rings (SSSR count). The minimum atomic E-state index is -3.89. The number of H-pyrrole nitrogens is 1. The van der Waals surface area contributed by atoms with Crippen molar-refractivity contribution in [1.82, 2.24) is 23.8 Å². The monoisotopic (exact) mass is 489 g/mol. The van der Waals surface area contributed by atoms with Crippen LogP contribution in [0.25, 0.3) is 16.6 Å². The first-order valence-corrected chi connectivity index (χ1v) is 11.8. The van der Waals surface area contributed by atoms with Gasteiger partial charge < -0.3 is 9.88 Å². The van der Waals surface area contributed by atoms with Crippen molar-refractivity contribution in [3.8, 4) is 0 Å². The Bertz CT molecular complexity index is 1570. The Morgan fingerprint density at radius 1 is 1.09 bits per heavy atom. The van der Waals surface area contributed by atoms with Crippen LogP contribution in [0.1, 0.15) is 10.4 Å². The Balaban J connectivity index is 1.38. The highest BCUT2D eigenvalue weighted by Gasteiger charge is 2.32. The molecule has 12 heteroatoms. The van der Waals surface area contributed by atoms with Gasteiger partial charge in [-0.1, -0.05) is 23.7 Å². The van der Waals surface area contributed by atoms with Gasteiger partial charge in [-0.15, -0.1) is 0 Å². The SMILES string of the molecule is O=C(c1cnn2c1[nH]c(=O)c1ccccc12)N1CCN(S(=O)(=O)c2ccc(F)c(Cl)c2)CC1. The van der Waals surface area contributed by atoms with Crippen LogP contribution in [-0.4, -0.2) is 64.3 Å². The lowest BCUT2D eigenvalue weighted by molar-refractivity contribution is 0.0699. The van der Waals surface area contributed by atoms with Crippen LogP contribution in [0, 0.1) is 5.82 Å². The number of rotatable bonds is 3. The van der Waals surface area contributed by atoms with E-state index in [0.717, 1.165) is 18.2 Å². The minimum Gasteiger partial charge on any atom is -0.336 e. The molecule has 4 aromatic rings. The number of para-hydroxylation sites is 1. The standard InChI is InChI=1S/C21H17ClFN5O4S/c22-16-11-13(5-6-17(16)23)33(31,32)27-9-7-26(8-10-27)21(30)15-12-24-28-18-4-2-1-3-14(18)20(29)25-19(15)28/h1-6,11-12H,7-10H2,(H,25,29). The van der Waals surface area contributed by atoms with E-state index in [1.165, 1.54) is 19.9 Å². The van der Waals surface area contributed by atoms with Crippen molar-refractivity contribution < 1.29 is 17.6 Å². The van der Waals surface area contributed by atoms with E-state index in [1.54, 1.807) is 24.3 Å². The van der Waals surface area contributed by atoms with E-state index >= 15 is 0 Å². The van der Waals surface area contributed by atoms with Crippen LogP contribution in [0.4, 0.5) is 4.39 Å². The maximum absolute atomic E-state index is 13.4. The highest BCUT2D eigenvalue weighted by molar-refractivity contribution is 7.89. The topological polar surface area (TPSA) is 108 Å². The summed E-state index contributed by atoms with van der Waals surface area (Å²) >= 11 is 5.73. The van der Waals surface area contributed by atoms with E-state index in [9.17, 15) is 22.4 Å². The number of sulfonamides is 1. The highest BCUT2D eigenvalue weighted by atomic mass is 35.5. The summed E-state index contributed by atoms with van der Waals surface area (Å²) in [6.45, 7) is 0.397. The Kier molecular flexibility index (Phi) is 5.19. The van der Waals surface area contributed by atoms with Gasteiger partial charge in [-0.2, -0.15) is 9.40 Å². The summed E-state index contributed by atoms with van der Waals surface area (Å²) < 4.78 is 41.9. The van der Waals surface area contributed by atoms with Crippen LogP contribution in [0.2, 0.25) is 5.02 Å². The zero-order valence-electron chi connectivity index (χ0n) is 17.0. The largest absolute Gasteiger partial charge is 0.336 e. The van der Waals surface area contributed by atoms with Crippen molar-refractivity contribution in [2.75, 3.05) is 26.2 Å². The van der Waals surface area contributed by atoms with Crippen LogP contribution in [0.3, 0.4) is 0 Å². The number of fused-ring (bicyclic) bond motifs is 3. The predicted octanol–water partition coefficient (Wildman–Crippen LogP) is 2.12. The summed E-state index contributed by atoms with van der Waals surface area (Å²) in [6.07, 6.45) is 1.39. The van der Waals surface area contributed by atoms with E-state index < -0.39 is 15.8 Å². The van der Waals surface area contributed by atoms with E-state index in [0.29, 0.717) is 10.9 Å². The highest BCUT2D eigenvalue weighted by Crippen LogP contribution is 2.24. The molecule has 33 heavy (non-hydrogen) atoms. The van der Waals surface area contributed by atoms with Crippen molar-refractivity contribution in [1.29, 1.82) is 0 Å². The lowest BCUT2D eigenvalue weighted by atomic mass is 10.2. The van der Waals surface area contributed by atoms with Crippen molar-refractivity contribution in [2.45, 2.75) is 4.90 Å². The lowest BCUT2D eigenvalue weighted by Crippen LogP contribution is -2.50. The summed E-state index contributed by atoms with van der Waals surface area (Å²) in [4.78, 5) is 29.7. The number of carbonyl (C=O) groups excluding carboxylic acids is 1. The first-order chi connectivity index (χ1) is 15.8. The van der Waals surface area contributed by atoms with Gasteiger partial charge in [0, 0.05) is 26.2 Å². The average molecular weight is 490 g/mol. The van der Waals surface area contributed by atoms with Gasteiger partial charge in [0.05, 0.1) is 27.0 Å². The Hall–Kier alpha value is -3.28. The molecule has 1 fully saturated rings. The van der Waals surface area contributed by atoms with E-state index in [1.807, 2.05) is 0 Å². The molecule has 2 aromatic carbocycles. The summed E-state index contributed by atoms with van der Waals surface area (Å²) in [5, 5.41) is 4.44. The summed E-state index contributed by atoms with van der Waals surface area (Å²) in [5.74, 6) is -1.07. The van der Waals surface area contributed by atoms with Crippen molar-refractivity contribution in [3.05, 3.63) is 75.4 Å². The molecule has 0 atom stereocenters. The second-order valence-corrected chi connectivity index (χ2v) is 9.91. The number of benzene rings is 2. The first kappa shape index (κ1) is 21.6. The van der Waals surface area contributed by atoms with Gasteiger partial charge >= 0.3 is 0 Å². The molecule has 1 aliphatic rings. The molecule has 0 spiro atoms. The molecule has 0 unspecified atom stereocenters. The fraction of sp³-hybridized carbons (Fsp3) is 0.190. The fourth-order valence-corrected chi connectivity index (χ4v) is 5.62. The van der Waals surface area contributed by atoms with Crippen molar-refractivity contribution >= 4 is 44.1 Å². The van der Waals surface area contributed by atoms with Crippen molar-refractivity contribution in [2.24, 2.45) is 0 Å². The number of halogens is 2. The van der Waals surface area contributed by atoms with Gasteiger partial charge in [0.15, 0.2) is 0 Å². The zero-order chi connectivity index (χ0) is 23.3. The molecule has 3 heterocycles. The van der Waals surface area contributed by atoms with Gasteiger partial charge in [0.2, 0.25) is 10.0 Å². The molecule has 9 nitrogen and oxygen atoms in total. The molecule has 1 aliphatic heterocycles. The smallest absolute Gasteiger partial charge is 0.259 e. The Morgan fingerprint density at radius 2 is 1.82 bits per heavy atom. The molecule has 1 saturated heterocycles. The second kappa shape index (κ2) is 7.94. The molecule has 1 N–H and O–H groups in total. The molecule has 0 saturated carbocycles. The van der Waals surface area contributed by atoms with Crippen LogP contribution in [0.15, 0.2) is 58.4 Å². The Morgan fingerprint density at radius 3 is 2.55 bits per heavy atom. The maximum atomic E-state index is 13.4. The van der Waals surface area contributed by atoms with Gasteiger partial charge in [0.1, 0.15) is 17.0 Å². The maximum Gasteiger partial charge on any atom is 0.259 e. The number of nitrogens with one attached hydrogen (secondary N) is 1. The third-order valence-electron chi connectivity index (χ3n) is 5.66. The molecule has 0 radical (unpaired) electrons. The number of aromatic nitrogens is 3. The van der Waals surface area contributed by atoms with Gasteiger partial charge in [0.25, 0.3) is 11.5 Å². The molecule has 0 aliphatic carbocycles. The number of carbonyl (C=O) groups is 1. The minimum absolute atomic E-state index is 0.0573. The third-order valence-corrected chi connectivity index (χ3v) is 7.85. The quantitative estimate of drug-likeness (QED) is 0.474. The van der Waals surface area contributed by atoms with Gasteiger partial charge in [-0.3, -0.25) is 9.59 Å². The molecular formula is C21H17ClFN5O4S. The molecule has 170 valence electrons. The number of hydrogen-bond donors (Lipinski definition) is 1. The van der Waals surface area contributed by atoms with Crippen molar-refractivity contribution in [3.63, 3.8) is 0 Å². The molecular weight excluding hydrogens is 473 g/mol. The van der Waals surface area contributed by atoms with Crippen LogP contribution < -0.4 is 5.56 Å². The van der Waals surface area contributed by atoms with E-state index in [-0.39, 0.29) is 58.8 Å². The predicted molar refractivity (Wildman–Crippen MR) is 119 cm³/mol. The van der Waals surface area contributed by atoms with Crippen LogP contribution in [0.5, 0.6) is 0 Å². The summed E-state index contributed by atoms with van der Waals surface area (Å²) in [6, 6.07) is 10.2. The molecule has 0 bridgehead atoms. The summed E-state index contributed by atoms with van der Waals surface area (Å²) in [5.41, 5.74) is 0.741. The van der Waals surface area contributed by atoms with Crippen LogP contribution >= 0.6 is 11.6 Å². The number of hydrogen-bond acceptors (Lipinski definition) is 5. The number of aromatic amines is 1. The fourth-order valence-electron chi connectivity index (χ4n) is 3.92. The Labute approximate surface area is 192 Å². The lowest BCUT2D eigenvalue weighted by Gasteiger charge is -2.33. The average Bonchev–Trinajstić information content (AvgIpc) is 3.24. The molecule has 1 amide bonds. The van der Waals surface area contributed by atoms with E-state index in [2.05, 4.69) is 10.1 Å². The van der Waals surface area contributed by atoms with Gasteiger partial charge in [-0.25, -0.2) is 17.3 Å². The van der Waals surface area contributed by atoms with Gasteiger partial charge in [-0.05, 0) is 30.3 Å². The number of nitrogens with zero attached hydrogens (tertiary/aromatic N) is 4. The second-order valence-electron chi connectivity index (χ2n) is 7.56. The number of piperazine rings is 1. The third kappa shape index (κ3) is 3.58. The van der Waals surface area contributed by atoms with Crippen LogP contribution in [-0.2, 0) is 10.0 Å². The molecule has 2 aromatic heterocycles. The van der Waals surface area contributed by atoms with E-state index in [4.69, 9.17) is 11.6 Å². The summed E-state index contributed by atoms with van der Waals surface area (Å²) in [7, 11) is -3.89. The normalized spacial score (nSPS) is 15.4.